The number of aliphatic carboxylic acids is 1. The standard InChI is InChI=1S/C16H24O7/c1-11(17)3-5-13(18)8-10-16(22)23-12(2)4-6-14(19)7-9-15(20)21/h7-13,17-18H,3-6H2,1-2H3,(H,20,21)/b9-7+,10-8+/t11-,12-,13+/m1/s1. The van der Waals surface area contributed by atoms with Crippen LogP contribution in [0.3, 0.4) is 0 Å². The quantitative estimate of drug-likeness (QED) is 0.382. The molecule has 0 aliphatic carbocycles. The largest absolute Gasteiger partial charge is 0.478 e. The zero-order valence-electron chi connectivity index (χ0n) is 13.3. The Labute approximate surface area is 135 Å². The molecule has 0 aromatic rings. The van der Waals surface area contributed by atoms with Gasteiger partial charge in [-0.15, -0.1) is 0 Å². The van der Waals surface area contributed by atoms with Gasteiger partial charge in [-0.25, -0.2) is 9.59 Å². The Morgan fingerprint density at radius 1 is 1.00 bits per heavy atom. The van der Waals surface area contributed by atoms with Crippen molar-refractivity contribution in [3.63, 3.8) is 0 Å². The van der Waals surface area contributed by atoms with Crippen molar-refractivity contribution >= 4 is 17.7 Å². The van der Waals surface area contributed by atoms with E-state index in [1.54, 1.807) is 13.8 Å². The van der Waals surface area contributed by atoms with Crippen LogP contribution >= 0.6 is 0 Å². The number of ether oxygens (including phenoxy) is 1. The fourth-order valence-electron chi connectivity index (χ4n) is 1.59. The topological polar surface area (TPSA) is 121 Å². The number of carbonyl (C=O) groups excluding carboxylic acids is 2. The highest BCUT2D eigenvalue weighted by atomic mass is 16.5. The molecule has 0 heterocycles. The molecule has 0 aromatic heterocycles. The summed E-state index contributed by atoms with van der Waals surface area (Å²) >= 11 is 0. The molecule has 0 aliphatic heterocycles. The van der Waals surface area contributed by atoms with Crippen LogP contribution in [0.1, 0.15) is 39.5 Å². The number of aliphatic hydroxyl groups excluding tert-OH is 2. The number of carboxylic acids is 1. The molecule has 23 heavy (non-hydrogen) atoms. The molecule has 0 radical (unpaired) electrons. The first kappa shape index (κ1) is 21.0. The predicted octanol–water partition coefficient (Wildman–Crippen LogP) is 0.986. The van der Waals surface area contributed by atoms with Gasteiger partial charge in [0.25, 0.3) is 0 Å². The Kier molecular flexibility index (Phi) is 10.6. The van der Waals surface area contributed by atoms with Crippen molar-refractivity contribution in [2.45, 2.75) is 57.8 Å². The number of esters is 1. The zero-order chi connectivity index (χ0) is 17.8. The van der Waals surface area contributed by atoms with Crippen molar-refractivity contribution in [1.29, 1.82) is 0 Å². The number of aliphatic hydroxyl groups is 2. The number of allylic oxidation sites excluding steroid dienone is 1. The van der Waals surface area contributed by atoms with Crippen molar-refractivity contribution in [1.82, 2.24) is 0 Å². The Morgan fingerprint density at radius 3 is 2.22 bits per heavy atom. The van der Waals surface area contributed by atoms with E-state index >= 15 is 0 Å². The van der Waals surface area contributed by atoms with Crippen molar-refractivity contribution in [2.24, 2.45) is 0 Å². The van der Waals surface area contributed by atoms with Crippen molar-refractivity contribution in [3.8, 4) is 0 Å². The minimum Gasteiger partial charge on any atom is -0.478 e. The van der Waals surface area contributed by atoms with E-state index in [1.807, 2.05) is 0 Å². The van der Waals surface area contributed by atoms with Crippen LogP contribution in [0, 0.1) is 0 Å². The van der Waals surface area contributed by atoms with Crippen LogP contribution in [0.4, 0.5) is 0 Å². The molecule has 0 aliphatic rings. The van der Waals surface area contributed by atoms with Crippen LogP contribution in [0.15, 0.2) is 24.3 Å². The minimum atomic E-state index is -1.20. The molecule has 0 spiro atoms. The first-order valence-electron chi connectivity index (χ1n) is 7.39. The molecule has 0 aromatic carbocycles. The Balaban J connectivity index is 4.05. The molecule has 130 valence electrons. The minimum absolute atomic E-state index is 0.0684. The van der Waals surface area contributed by atoms with E-state index in [0.29, 0.717) is 12.8 Å². The summed E-state index contributed by atoms with van der Waals surface area (Å²) in [5.41, 5.74) is 0. The van der Waals surface area contributed by atoms with Crippen LogP contribution < -0.4 is 0 Å². The van der Waals surface area contributed by atoms with Gasteiger partial charge in [-0.3, -0.25) is 4.79 Å². The molecule has 0 amide bonds. The highest BCUT2D eigenvalue weighted by Gasteiger charge is 2.10. The fourth-order valence-corrected chi connectivity index (χ4v) is 1.59. The van der Waals surface area contributed by atoms with E-state index in [0.717, 1.165) is 18.2 Å². The van der Waals surface area contributed by atoms with Gasteiger partial charge in [-0.1, -0.05) is 0 Å². The number of carboxylic acid groups (broad SMARTS) is 1. The molecule has 0 saturated heterocycles. The SMILES string of the molecule is C[C@H](CCC(=O)/C=C/C(=O)O)OC(=O)/C=C/[C@@H](O)CC[C@@H](C)O. The third-order valence-corrected chi connectivity index (χ3v) is 2.86. The Bertz CT molecular complexity index is 451. The second-order valence-corrected chi connectivity index (χ2v) is 5.28. The molecule has 7 heteroatoms. The van der Waals surface area contributed by atoms with Gasteiger partial charge in [-0.2, -0.15) is 0 Å². The van der Waals surface area contributed by atoms with Crippen molar-refractivity contribution < 1.29 is 34.4 Å². The first-order chi connectivity index (χ1) is 10.7. The summed E-state index contributed by atoms with van der Waals surface area (Å²) in [6, 6.07) is 0. The molecule has 3 atom stereocenters. The van der Waals surface area contributed by atoms with E-state index in [1.165, 1.54) is 6.08 Å². The molecule has 7 nitrogen and oxygen atoms in total. The van der Waals surface area contributed by atoms with Crippen LogP contribution in [0.2, 0.25) is 0 Å². The van der Waals surface area contributed by atoms with Gasteiger partial charge in [0.15, 0.2) is 5.78 Å². The monoisotopic (exact) mass is 328 g/mol. The lowest BCUT2D eigenvalue weighted by Crippen LogP contribution is -2.15. The van der Waals surface area contributed by atoms with Gasteiger partial charge in [-0.05, 0) is 45.3 Å². The van der Waals surface area contributed by atoms with Crippen LogP contribution in [-0.4, -0.2) is 51.4 Å². The summed E-state index contributed by atoms with van der Waals surface area (Å²) in [6.45, 7) is 3.23. The number of rotatable bonds is 11. The molecule has 3 N–H and O–H groups in total. The van der Waals surface area contributed by atoms with Gasteiger partial charge in [0.2, 0.25) is 0 Å². The summed E-state index contributed by atoms with van der Waals surface area (Å²) in [4.78, 5) is 33.1. The van der Waals surface area contributed by atoms with E-state index < -0.39 is 30.3 Å². The van der Waals surface area contributed by atoms with Crippen LogP contribution in [0.25, 0.3) is 0 Å². The summed E-state index contributed by atoms with van der Waals surface area (Å²) < 4.78 is 5.02. The normalized spacial score (nSPS) is 15.5. The zero-order valence-corrected chi connectivity index (χ0v) is 13.3. The molecule has 0 fully saturated rings. The van der Waals surface area contributed by atoms with Gasteiger partial charge in [0, 0.05) is 18.6 Å². The van der Waals surface area contributed by atoms with Crippen molar-refractivity contribution in [3.05, 3.63) is 24.3 Å². The van der Waals surface area contributed by atoms with E-state index in [-0.39, 0.29) is 18.6 Å². The lowest BCUT2D eigenvalue weighted by atomic mass is 10.1. The number of hydrogen-bond donors (Lipinski definition) is 3. The van der Waals surface area contributed by atoms with Gasteiger partial charge in [0.05, 0.1) is 18.3 Å². The summed E-state index contributed by atoms with van der Waals surface area (Å²) in [5, 5.41) is 27.0. The second-order valence-electron chi connectivity index (χ2n) is 5.28. The van der Waals surface area contributed by atoms with Crippen molar-refractivity contribution in [2.75, 3.05) is 0 Å². The fraction of sp³-hybridized carbons (Fsp3) is 0.562. The van der Waals surface area contributed by atoms with E-state index in [2.05, 4.69) is 0 Å². The lowest BCUT2D eigenvalue weighted by molar-refractivity contribution is -0.143. The number of ketones is 1. The maximum absolute atomic E-state index is 11.5. The van der Waals surface area contributed by atoms with Gasteiger partial charge < -0.3 is 20.1 Å². The third-order valence-electron chi connectivity index (χ3n) is 2.86. The van der Waals surface area contributed by atoms with E-state index in [4.69, 9.17) is 14.9 Å². The third kappa shape index (κ3) is 13.4. The molecular weight excluding hydrogens is 304 g/mol. The molecule has 0 rings (SSSR count). The molecule has 0 saturated carbocycles. The van der Waals surface area contributed by atoms with Gasteiger partial charge in [0.1, 0.15) is 0 Å². The average molecular weight is 328 g/mol. The summed E-state index contributed by atoms with van der Waals surface area (Å²) in [7, 11) is 0. The summed E-state index contributed by atoms with van der Waals surface area (Å²) in [6.07, 6.45) is 3.35. The highest BCUT2D eigenvalue weighted by molar-refractivity contribution is 5.95. The predicted molar refractivity (Wildman–Crippen MR) is 82.6 cm³/mol. The summed E-state index contributed by atoms with van der Waals surface area (Å²) in [5.74, 6) is -2.20. The van der Waals surface area contributed by atoms with Crippen LogP contribution in [-0.2, 0) is 19.1 Å². The first-order valence-corrected chi connectivity index (χ1v) is 7.39. The Morgan fingerprint density at radius 2 is 1.65 bits per heavy atom. The lowest BCUT2D eigenvalue weighted by Gasteiger charge is -2.11. The van der Waals surface area contributed by atoms with Crippen LogP contribution in [0.5, 0.6) is 0 Å². The highest BCUT2D eigenvalue weighted by Crippen LogP contribution is 2.06. The maximum Gasteiger partial charge on any atom is 0.330 e. The molecule has 0 bridgehead atoms. The second kappa shape index (κ2) is 11.6. The van der Waals surface area contributed by atoms with E-state index in [9.17, 15) is 19.5 Å². The molecule has 0 unspecified atom stereocenters. The Hall–Kier alpha value is -1.99. The maximum atomic E-state index is 11.5. The number of carbonyl (C=O) groups is 3. The smallest absolute Gasteiger partial charge is 0.330 e. The molecular formula is C16H24O7. The van der Waals surface area contributed by atoms with Gasteiger partial charge >= 0.3 is 11.9 Å². The number of hydrogen-bond acceptors (Lipinski definition) is 6. The average Bonchev–Trinajstić information content (AvgIpc) is 2.46.